The van der Waals surface area contributed by atoms with E-state index in [0.717, 1.165) is 137 Å². The lowest BCUT2D eigenvalue weighted by Gasteiger charge is -2.33. The summed E-state index contributed by atoms with van der Waals surface area (Å²) in [4.78, 5) is 118. The number of anilines is 3. The highest BCUT2D eigenvalue weighted by atomic mass is 32.1. The molecule has 0 radical (unpaired) electrons. The number of methoxy groups -OCH3 is 1. The van der Waals surface area contributed by atoms with E-state index in [2.05, 4.69) is 125 Å². The maximum Gasteiger partial charge on any atom is 0.244 e. The number of benzene rings is 4. The topological polar surface area (TPSA) is 331 Å². The lowest BCUT2D eigenvalue weighted by molar-refractivity contribution is -0.134. The zero-order chi connectivity index (χ0) is 88.5. The van der Waals surface area contributed by atoms with Crippen molar-refractivity contribution in [2.75, 3.05) is 128 Å². The molecular weight excluding hydrogens is 1630 g/mol. The van der Waals surface area contributed by atoms with Gasteiger partial charge < -0.3 is 35.4 Å². The molecule has 0 bridgehead atoms. The lowest BCUT2D eigenvalue weighted by Crippen LogP contribution is -2.45. The number of terminal acetylenes is 2. The number of aromatic amines is 3. The van der Waals surface area contributed by atoms with Crippen LogP contribution in [0.3, 0.4) is 0 Å². The Hall–Kier alpha value is -13.6. The largest absolute Gasteiger partial charge is 0.384 e. The van der Waals surface area contributed by atoms with Crippen molar-refractivity contribution in [3.8, 4) is 69.8 Å². The van der Waals surface area contributed by atoms with E-state index in [1.807, 2.05) is 128 Å². The molecule has 6 N–H and O–H groups in total. The quantitative estimate of drug-likeness (QED) is 0.0364. The maximum atomic E-state index is 13.8. The number of rotatable bonds is 21. The average molecular weight is 1740 g/mol. The highest BCUT2D eigenvalue weighted by molar-refractivity contribution is 7.09. The van der Waals surface area contributed by atoms with Gasteiger partial charge in [-0.3, -0.25) is 68.7 Å². The highest BCUT2D eigenvalue weighted by Crippen LogP contribution is 2.40. The van der Waals surface area contributed by atoms with Crippen molar-refractivity contribution in [2.45, 2.75) is 77.6 Å². The Kier molecular flexibility index (Phi) is 25.9. The molecule has 3 atom stereocenters. The van der Waals surface area contributed by atoms with Crippen molar-refractivity contribution in [3.05, 3.63) is 221 Å². The molecule has 30 heteroatoms. The third-order valence-electron chi connectivity index (χ3n) is 25.7. The van der Waals surface area contributed by atoms with Gasteiger partial charge >= 0.3 is 0 Å². The van der Waals surface area contributed by atoms with E-state index in [1.54, 1.807) is 73.6 Å². The Morgan fingerprint density at radius 3 is 1.61 bits per heavy atom. The van der Waals surface area contributed by atoms with E-state index < -0.39 is 16.2 Å². The number of hydrogen-bond donors (Lipinski definition) is 6. The van der Waals surface area contributed by atoms with E-state index >= 15 is 0 Å². The first-order valence-electron chi connectivity index (χ1n) is 43.4. The van der Waals surface area contributed by atoms with Gasteiger partial charge in [0.15, 0.2) is 5.82 Å². The Bertz CT molecular complexity index is 6300. The Labute approximate surface area is 744 Å². The Balaban J connectivity index is 0.000000136. The molecule has 28 nitrogen and oxygen atoms in total. The van der Waals surface area contributed by atoms with Gasteiger partial charge in [0.1, 0.15) is 45.1 Å². The summed E-state index contributed by atoms with van der Waals surface area (Å²) in [5.41, 5.74) is 12.8. The van der Waals surface area contributed by atoms with Crippen LogP contribution >= 0.6 is 11.3 Å². The third-order valence-corrected chi connectivity index (χ3v) is 26.6. The number of H-pyrrole nitrogens is 3. The van der Waals surface area contributed by atoms with Crippen LogP contribution in [0.1, 0.15) is 85.7 Å². The number of pyridine rings is 3. The standard InChI is InChI=1S/C36H35FN8O3.C32H34N6O2.C30H31N7O2S/c1-48-23-36(35(47)41-30-12-11-29-33(40-30)32(43-42-29)26-7-9-28(37)10-8-26)15-20-44(22-36)21-31(46)45-18-13-25(14-19-45)24-3-5-27(6-4-24)34-38-16-2-17-39-34;1-3-32(13-17-37(21-32)20-29(39)38-15-11-24(12-16-38)23-6-4-5-7-23)31(40)34-26-8-9-28-27(19-26)30(36-35-28)25-10-14-33-22(2)18-25;1-3-30(9-14-36(19-30)18-26(38)37-12-7-21(8-13-37)28-32-11-15-40-28)29(39)33-23-4-5-25-24(17-23)27(35-34-25)22-6-10-31-20(2)16-22/h2-13,16-17H,14-15,18-23H2,1H3,(H,42,43)(H,40,41,47);1,4,6-10,14,18-19,24H,5,11-13,15-17,20-21H2,2H3,(H,34,40)(H,35,36);1,4-6,10-11,15-17,21H,7-9,12-14,18-19H2,2H3,(H,33,39)(H,34,35)/t36-;;/m1../s1. The lowest BCUT2D eigenvalue weighted by atomic mass is 9.87. The van der Waals surface area contributed by atoms with Crippen LogP contribution in [0.25, 0.3) is 83.6 Å². The SMILES string of the molecule is C#CC1(C(=O)Nc2ccc3[nH]nc(-c4ccnc(C)c4)c3c2)CCN(CC(=O)N2CCC(C3=CCC=C3)CC2)C1.C#CC1(C(=O)Nc2ccc3[nH]nc(-c4ccnc(C)c4)c3c2)CCN(CC(=O)N2CCC(c3nccs3)CC2)C1.COC[C@@]1(C(=O)Nc2ccc3[nH]nc(-c4ccc(F)cc4)c3n2)CCN(CC(=O)N2CC=C(c3ccc(-c4ncccn4)cc3)CC2)C1. The summed E-state index contributed by atoms with van der Waals surface area (Å²) in [6.45, 7) is 12.0. The fourth-order valence-corrected chi connectivity index (χ4v) is 19.2. The molecule has 6 amide bonds. The molecule has 12 aromatic rings. The molecule has 19 rings (SSSR count). The molecule has 5 fully saturated rings. The van der Waals surface area contributed by atoms with E-state index in [9.17, 15) is 33.2 Å². The number of allylic oxidation sites excluding steroid dienone is 4. The normalized spacial score (nSPS) is 19.8. The third kappa shape index (κ3) is 19.2. The van der Waals surface area contributed by atoms with E-state index in [1.165, 1.54) is 23.3 Å². The van der Waals surface area contributed by atoms with Crippen LogP contribution in [-0.4, -0.2) is 237 Å². The summed E-state index contributed by atoms with van der Waals surface area (Å²) >= 11 is 1.69. The zero-order valence-corrected chi connectivity index (χ0v) is 72.6. The van der Waals surface area contributed by atoms with E-state index in [4.69, 9.17) is 17.6 Å². The Morgan fingerprint density at radius 2 is 1.07 bits per heavy atom. The van der Waals surface area contributed by atoms with E-state index in [0.29, 0.717) is 135 Å². The molecule has 6 aliphatic heterocycles. The molecule has 14 heterocycles. The predicted molar refractivity (Wildman–Crippen MR) is 492 cm³/mol. The molecule has 1 aliphatic carbocycles. The number of halogens is 1. The van der Waals surface area contributed by atoms with Gasteiger partial charge in [-0.2, -0.15) is 15.3 Å². The van der Waals surface area contributed by atoms with Gasteiger partial charge in [-0.1, -0.05) is 60.4 Å². The number of nitrogens with zero attached hydrogens (tertiary/aromatic N) is 15. The number of fused-ring (bicyclic) bond motifs is 3. The van der Waals surface area contributed by atoms with Crippen LogP contribution in [0, 0.1) is 66.5 Å². The fraction of sp³-hybridized carbons (Fsp3) is 0.337. The maximum absolute atomic E-state index is 13.8. The molecule has 0 saturated carbocycles. The summed E-state index contributed by atoms with van der Waals surface area (Å²) in [6, 6.07) is 38.6. The van der Waals surface area contributed by atoms with Gasteiger partial charge in [-0.05, 0) is 204 Å². The monoisotopic (exact) mass is 1730 g/mol. The van der Waals surface area contributed by atoms with Gasteiger partial charge in [0, 0.05) is 177 Å². The molecule has 4 aromatic carbocycles. The number of nitrogens with one attached hydrogen (secondary N) is 6. The minimum Gasteiger partial charge on any atom is -0.384 e. The number of aryl methyl sites for hydroxylation is 2. The van der Waals surface area contributed by atoms with Crippen LogP contribution in [-0.2, 0) is 33.5 Å². The summed E-state index contributed by atoms with van der Waals surface area (Å²) in [5.74, 6) is 6.85. The van der Waals surface area contributed by atoms with Crippen LogP contribution in [0.15, 0.2) is 194 Å². The first-order valence-corrected chi connectivity index (χ1v) is 44.3. The first kappa shape index (κ1) is 86.5. The molecule has 652 valence electrons. The fourth-order valence-electron chi connectivity index (χ4n) is 18.4. The van der Waals surface area contributed by atoms with Crippen LogP contribution in [0.4, 0.5) is 21.6 Å². The second-order valence-electron chi connectivity index (χ2n) is 34.1. The first-order chi connectivity index (χ1) is 62.3. The van der Waals surface area contributed by atoms with Gasteiger partial charge in [-0.15, -0.1) is 24.2 Å². The van der Waals surface area contributed by atoms with Crippen molar-refractivity contribution in [2.24, 2.45) is 22.2 Å². The number of likely N-dealkylation sites (tertiary alicyclic amines) is 5. The molecular formula is C98H100FN21O7S. The molecule has 7 aliphatic rings. The Morgan fingerprint density at radius 1 is 0.531 bits per heavy atom. The number of amides is 6. The molecule has 2 unspecified atom stereocenters. The highest BCUT2D eigenvalue weighted by Gasteiger charge is 2.48. The van der Waals surface area contributed by atoms with Crippen molar-refractivity contribution in [1.29, 1.82) is 0 Å². The number of piperidine rings is 2. The van der Waals surface area contributed by atoms with Gasteiger partial charge in [0.05, 0.1) is 53.2 Å². The average Bonchev–Trinajstić information content (AvgIpc) is 1.74. The minimum absolute atomic E-state index is 0.0379. The number of hydrogen-bond acceptors (Lipinski definition) is 20. The van der Waals surface area contributed by atoms with Crippen LogP contribution in [0.2, 0.25) is 0 Å². The summed E-state index contributed by atoms with van der Waals surface area (Å²) < 4.78 is 19.0. The molecule has 0 spiro atoms. The van der Waals surface area contributed by atoms with Gasteiger partial charge in [0.25, 0.3) is 0 Å². The van der Waals surface area contributed by atoms with Crippen molar-refractivity contribution >= 4 is 102 Å². The second-order valence-corrected chi connectivity index (χ2v) is 35.0. The smallest absolute Gasteiger partial charge is 0.244 e. The molecule has 8 aromatic heterocycles. The van der Waals surface area contributed by atoms with Gasteiger partial charge in [0.2, 0.25) is 35.4 Å². The van der Waals surface area contributed by atoms with Crippen LogP contribution in [0.5, 0.6) is 0 Å². The zero-order valence-electron chi connectivity index (χ0n) is 71.7. The predicted octanol–water partition coefficient (Wildman–Crippen LogP) is 13.2. The number of aromatic nitrogens is 12. The minimum atomic E-state index is -0.992. The number of carbonyl (C=O) groups excluding carboxylic acids is 6. The summed E-state index contributed by atoms with van der Waals surface area (Å²) in [5, 5.41) is 36.4. The van der Waals surface area contributed by atoms with E-state index in [-0.39, 0.29) is 61.0 Å². The summed E-state index contributed by atoms with van der Waals surface area (Å²) in [7, 11) is 1.58. The number of carbonyl (C=O) groups is 6. The van der Waals surface area contributed by atoms with Crippen molar-refractivity contribution in [3.63, 3.8) is 0 Å². The number of ether oxygens (including phenoxy) is 1. The summed E-state index contributed by atoms with van der Waals surface area (Å²) in [6.07, 6.45) is 36.8. The van der Waals surface area contributed by atoms with Crippen LogP contribution < -0.4 is 16.0 Å². The molecule has 128 heavy (non-hydrogen) atoms. The van der Waals surface area contributed by atoms with Gasteiger partial charge in [-0.25, -0.2) is 24.3 Å². The van der Waals surface area contributed by atoms with Crippen molar-refractivity contribution in [1.82, 2.24) is 89.9 Å². The van der Waals surface area contributed by atoms with Crippen molar-refractivity contribution < 1.29 is 37.9 Å². The second kappa shape index (κ2) is 38.3. The molecule has 5 saturated heterocycles. The number of thiazole rings is 1.